The Morgan fingerprint density at radius 1 is 1.16 bits per heavy atom. The summed E-state index contributed by atoms with van der Waals surface area (Å²) in [6.45, 7) is 1.48. The molecule has 0 atom stereocenters. The molecule has 0 saturated carbocycles. The van der Waals surface area contributed by atoms with Gasteiger partial charge in [0, 0.05) is 18.2 Å². The van der Waals surface area contributed by atoms with Crippen LogP contribution >= 0.6 is 0 Å². The maximum absolute atomic E-state index is 11.9. The second kappa shape index (κ2) is 8.39. The summed E-state index contributed by atoms with van der Waals surface area (Å²) in [7, 11) is 1.88. The van der Waals surface area contributed by atoms with Gasteiger partial charge in [0.05, 0.1) is 0 Å². The first-order valence-electron chi connectivity index (χ1n) is 8.30. The molecule has 0 aromatic heterocycles. The van der Waals surface area contributed by atoms with Crippen molar-refractivity contribution < 1.29 is 19.0 Å². The van der Waals surface area contributed by atoms with Gasteiger partial charge >= 0.3 is 0 Å². The van der Waals surface area contributed by atoms with E-state index in [-0.39, 0.29) is 12.7 Å². The van der Waals surface area contributed by atoms with E-state index in [0.717, 1.165) is 30.0 Å². The van der Waals surface area contributed by atoms with E-state index in [1.165, 1.54) is 0 Å². The topological polar surface area (TPSA) is 68.8 Å². The molecule has 0 fully saturated rings. The van der Waals surface area contributed by atoms with E-state index in [1.807, 2.05) is 49.5 Å². The summed E-state index contributed by atoms with van der Waals surface area (Å²) in [5.41, 5.74) is 1.76. The first kappa shape index (κ1) is 17.1. The molecule has 1 aliphatic rings. The zero-order chi connectivity index (χ0) is 17.5. The van der Waals surface area contributed by atoms with Gasteiger partial charge in [0.1, 0.15) is 12.4 Å². The molecule has 0 unspecified atom stereocenters. The lowest BCUT2D eigenvalue weighted by atomic mass is 10.2. The predicted octanol–water partition coefficient (Wildman–Crippen LogP) is 2.93. The van der Waals surface area contributed by atoms with Gasteiger partial charge in [0.15, 0.2) is 11.5 Å². The third-order valence-corrected chi connectivity index (χ3v) is 3.79. The van der Waals surface area contributed by atoms with Crippen LogP contribution in [0.25, 0.3) is 0 Å². The number of carbonyl (C=O) groups is 1. The molecule has 1 heterocycles. The van der Waals surface area contributed by atoms with E-state index in [4.69, 9.17) is 14.2 Å². The second-order valence-electron chi connectivity index (χ2n) is 5.76. The third-order valence-electron chi connectivity index (χ3n) is 3.79. The highest BCUT2D eigenvalue weighted by Gasteiger charge is 2.13. The van der Waals surface area contributed by atoms with Crippen LogP contribution in [0.2, 0.25) is 0 Å². The lowest BCUT2D eigenvalue weighted by molar-refractivity contribution is -0.116. The van der Waals surface area contributed by atoms with Crippen molar-refractivity contribution in [2.75, 3.05) is 25.7 Å². The number of benzene rings is 2. The normalized spacial score (nSPS) is 12.0. The average Bonchev–Trinajstić information content (AvgIpc) is 3.08. The maximum atomic E-state index is 11.9. The summed E-state index contributed by atoms with van der Waals surface area (Å²) < 4.78 is 16.4. The van der Waals surface area contributed by atoms with Gasteiger partial charge in [-0.15, -0.1) is 0 Å². The quantitative estimate of drug-likeness (QED) is 0.722. The number of hydrogen-bond acceptors (Lipinski definition) is 5. The fraction of sp³-hybridized carbons (Fsp3) is 0.316. The Hall–Kier alpha value is -2.73. The molecule has 0 aliphatic carbocycles. The molecule has 25 heavy (non-hydrogen) atoms. The van der Waals surface area contributed by atoms with E-state index in [9.17, 15) is 4.79 Å². The van der Waals surface area contributed by atoms with Crippen molar-refractivity contribution in [2.24, 2.45) is 0 Å². The van der Waals surface area contributed by atoms with E-state index in [0.29, 0.717) is 24.5 Å². The minimum absolute atomic E-state index is 0.0177. The number of carbonyl (C=O) groups excluding carboxylic acids is 1. The van der Waals surface area contributed by atoms with Gasteiger partial charge in [0.25, 0.3) is 0 Å². The molecule has 6 nitrogen and oxygen atoms in total. The highest BCUT2D eigenvalue weighted by Crippen LogP contribution is 2.35. The molecule has 1 aliphatic heterocycles. The molecule has 1 amide bonds. The number of anilines is 1. The van der Waals surface area contributed by atoms with E-state index in [1.54, 1.807) is 0 Å². The molecule has 2 aromatic rings. The van der Waals surface area contributed by atoms with E-state index < -0.39 is 0 Å². The monoisotopic (exact) mass is 342 g/mol. The summed E-state index contributed by atoms with van der Waals surface area (Å²) in [6.07, 6.45) is 1.31. The van der Waals surface area contributed by atoms with Crippen molar-refractivity contribution in [3.8, 4) is 17.2 Å². The van der Waals surface area contributed by atoms with Crippen molar-refractivity contribution in [2.45, 2.75) is 19.4 Å². The highest BCUT2D eigenvalue weighted by atomic mass is 16.7. The Morgan fingerprint density at radius 2 is 2.04 bits per heavy atom. The first-order valence-corrected chi connectivity index (χ1v) is 8.30. The maximum Gasteiger partial charge on any atom is 0.231 e. The van der Waals surface area contributed by atoms with Crippen molar-refractivity contribution >= 4 is 11.6 Å². The Balaban J connectivity index is 1.54. The molecule has 3 rings (SSSR count). The standard InChI is InChI=1S/C19H22N2O4/c1-20-9-3-6-19(22)21-15-5-2-4-14(10-15)12-23-16-7-8-17-18(11-16)25-13-24-17/h2,4-5,7-8,10-11,20H,3,6,9,12-13H2,1H3,(H,21,22). The van der Waals surface area contributed by atoms with E-state index in [2.05, 4.69) is 10.6 Å². The Morgan fingerprint density at radius 3 is 2.92 bits per heavy atom. The molecule has 0 saturated heterocycles. The van der Waals surface area contributed by atoms with Gasteiger partial charge in [-0.1, -0.05) is 12.1 Å². The van der Waals surface area contributed by atoms with Crippen LogP contribution in [-0.4, -0.2) is 26.3 Å². The molecular formula is C19H22N2O4. The number of ether oxygens (including phenoxy) is 3. The molecular weight excluding hydrogens is 320 g/mol. The fourth-order valence-corrected chi connectivity index (χ4v) is 2.52. The van der Waals surface area contributed by atoms with Gasteiger partial charge in [-0.25, -0.2) is 0 Å². The fourth-order valence-electron chi connectivity index (χ4n) is 2.52. The third kappa shape index (κ3) is 4.87. The second-order valence-corrected chi connectivity index (χ2v) is 5.76. The first-order chi connectivity index (χ1) is 12.2. The van der Waals surface area contributed by atoms with Crippen molar-refractivity contribution in [1.29, 1.82) is 0 Å². The minimum atomic E-state index is 0.0177. The van der Waals surface area contributed by atoms with Crippen LogP contribution in [-0.2, 0) is 11.4 Å². The number of nitrogens with one attached hydrogen (secondary N) is 2. The van der Waals surface area contributed by atoms with Crippen molar-refractivity contribution in [3.05, 3.63) is 48.0 Å². The Kier molecular flexibility index (Phi) is 5.74. The summed E-state index contributed by atoms with van der Waals surface area (Å²) in [5.74, 6) is 2.16. The highest BCUT2D eigenvalue weighted by molar-refractivity contribution is 5.90. The molecule has 0 radical (unpaired) electrons. The van der Waals surface area contributed by atoms with Gasteiger partial charge in [0.2, 0.25) is 12.7 Å². The molecule has 6 heteroatoms. The van der Waals surface area contributed by atoms with Crippen LogP contribution in [0.3, 0.4) is 0 Å². The summed E-state index contributed by atoms with van der Waals surface area (Å²) in [4.78, 5) is 11.9. The zero-order valence-corrected chi connectivity index (χ0v) is 14.2. The zero-order valence-electron chi connectivity index (χ0n) is 14.2. The largest absolute Gasteiger partial charge is 0.489 e. The number of fused-ring (bicyclic) bond motifs is 1. The molecule has 0 bridgehead atoms. The van der Waals surface area contributed by atoms with Gasteiger partial charge in [-0.2, -0.15) is 0 Å². The number of hydrogen-bond donors (Lipinski definition) is 2. The van der Waals surface area contributed by atoms with Crippen LogP contribution in [0.5, 0.6) is 17.2 Å². The van der Waals surface area contributed by atoms with Crippen LogP contribution in [0.1, 0.15) is 18.4 Å². The van der Waals surface area contributed by atoms with Gasteiger partial charge in [-0.05, 0) is 49.8 Å². The van der Waals surface area contributed by atoms with Crippen LogP contribution in [0.15, 0.2) is 42.5 Å². The summed E-state index contributed by atoms with van der Waals surface area (Å²) in [5, 5.41) is 5.95. The summed E-state index contributed by atoms with van der Waals surface area (Å²) in [6, 6.07) is 13.2. The van der Waals surface area contributed by atoms with Crippen molar-refractivity contribution in [3.63, 3.8) is 0 Å². The van der Waals surface area contributed by atoms with Crippen LogP contribution in [0.4, 0.5) is 5.69 Å². The summed E-state index contributed by atoms with van der Waals surface area (Å²) >= 11 is 0. The van der Waals surface area contributed by atoms with Crippen LogP contribution < -0.4 is 24.8 Å². The lowest BCUT2D eigenvalue weighted by Crippen LogP contribution is -2.15. The average molecular weight is 342 g/mol. The van der Waals surface area contributed by atoms with Gasteiger partial charge in [-0.3, -0.25) is 4.79 Å². The number of rotatable bonds is 8. The molecule has 2 N–H and O–H groups in total. The van der Waals surface area contributed by atoms with Gasteiger partial charge < -0.3 is 24.8 Å². The number of amides is 1. The van der Waals surface area contributed by atoms with Crippen LogP contribution in [0, 0.1) is 0 Å². The van der Waals surface area contributed by atoms with Crippen molar-refractivity contribution in [1.82, 2.24) is 5.32 Å². The predicted molar refractivity (Wildman–Crippen MR) is 95.1 cm³/mol. The molecule has 0 spiro atoms. The molecule has 2 aromatic carbocycles. The van der Waals surface area contributed by atoms with E-state index >= 15 is 0 Å². The lowest BCUT2D eigenvalue weighted by Gasteiger charge is -2.09. The Labute approximate surface area is 147 Å². The minimum Gasteiger partial charge on any atom is -0.489 e. The Bertz CT molecular complexity index is 733. The molecule has 132 valence electrons. The smallest absolute Gasteiger partial charge is 0.231 e. The SMILES string of the molecule is CNCCCC(=O)Nc1cccc(COc2ccc3c(c2)OCO3)c1.